The molecular weight excluding hydrogens is 623 g/mol. The number of alkyl halides is 1. The van der Waals surface area contributed by atoms with Crippen molar-refractivity contribution >= 4 is 29.1 Å². The Morgan fingerprint density at radius 1 is 1.13 bits per heavy atom. The van der Waals surface area contributed by atoms with Gasteiger partial charge in [-0.05, 0) is 49.7 Å². The Bertz CT molecular complexity index is 1370. The molecule has 2 aliphatic rings. The molecule has 47 heavy (non-hydrogen) atoms. The van der Waals surface area contributed by atoms with Crippen molar-refractivity contribution in [3.05, 3.63) is 35.0 Å². The van der Waals surface area contributed by atoms with Crippen molar-refractivity contribution in [3.8, 4) is 16.2 Å². The molecule has 4 rings (SSSR count). The predicted octanol–water partition coefficient (Wildman–Crippen LogP) is 4.83. The Kier molecular flexibility index (Phi) is 12.8. The third-order valence-corrected chi connectivity index (χ3v) is 9.91. The van der Waals surface area contributed by atoms with Gasteiger partial charge in [-0.3, -0.25) is 14.4 Å². The summed E-state index contributed by atoms with van der Waals surface area (Å²) in [4.78, 5) is 46.6. The molecule has 1 saturated heterocycles. The second kappa shape index (κ2) is 16.3. The fourth-order valence-electron chi connectivity index (χ4n) is 5.85. The minimum Gasteiger partial charge on any atom is -0.493 e. The highest BCUT2D eigenvalue weighted by Crippen LogP contribution is 2.40. The Morgan fingerprint density at radius 2 is 1.81 bits per heavy atom. The first-order valence-electron chi connectivity index (χ1n) is 16.9. The van der Waals surface area contributed by atoms with E-state index in [1.165, 1.54) is 4.90 Å². The monoisotopic (exact) mass is 674 g/mol. The summed E-state index contributed by atoms with van der Waals surface area (Å²) in [5.74, 6) is -1.09. The van der Waals surface area contributed by atoms with Crippen LogP contribution in [0.2, 0.25) is 0 Å². The number of unbranched alkanes of at least 4 members (excludes halogenated alkanes) is 6. The van der Waals surface area contributed by atoms with Crippen molar-refractivity contribution in [2.45, 2.75) is 122 Å². The Balaban J connectivity index is 1.41. The van der Waals surface area contributed by atoms with Crippen LogP contribution >= 0.6 is 11.3 Å². The lowest BCUT2D eigenvalue weighted by Crippen LogP contribution is -2.59. The Hall–Kier alpha value is -3.09. The molecule has 2 fully saturated rings. The van der Waals surface area contributed by atoms with Crippen molar-refractivity contribution in [1.82, 2.24) is 20.5 Å². The largest absolute Gasteiger partial charge is 0.493 e. The van der Waals surface area contributed by atoms with Gasteiger partial charge < -0.3 is 30.5 Å². The molecule has 0 radical (unpaired) electrons. The van der Waals surface area contributed by atoms with Crippen molar-refractivity contribution in [2.75, 3.05) is 19.8 Å². The number of halogens is 1. The number of aliphatic hydroxyl groups is 2. The molecule has 0 spiro atoms. The molecule has 1 unspecified atom stereocenters. The van der Waals surface area contributed by atoms with Gasteiger partial charge in [-0.25, -0.2) is 9.37 Å². The summed E-state index contributed by atoms with van der Waals surface area (Å²) >= 11 is 1.55. The van der Waals surface area contributed by atoms with Crippen LogP contribution in [0.3, 0.4) is 0 Å². The van der Waals surface area contributed by atoms with Crippen LogP contribution in [0.5, 0.6) is 5.75 Å². The number of likely N-dealkylation sites (tertiary alicyclic amines) is 1. The molecule has 1 aliphatic carbocycles. The first-order valence-corrected chi connectivity index (χ1v) is 17.7. The first-order chi connectivity index (χ1) is 22.3. The van der Waals surface area contributed by atoms with Gasteiger partial charge in [0, 0.05) is 31.7 Å². The van der Waals surface area contributed by atoms with Crippen LogP contribution in [-0.4, -0.2) is 81.4 Å². The molecule has 10 nitrogen and oxygen atoms in total. The van der Waals surface area contributed by atoms with Crippen LogP contribution in [0.1, 0.15) is 96.2 Å². The molecule has 0 bridgehead atoms. The summed E-state index contributed by atoms with van der Waals surface area (Å²) in [6.45, 7) is 8.14. The minimum absolute atomic E-state index is 0.0567. The van der Waals surface area contributed by atoms with Crippen molar-refractivity contribution in [1.29, 1.82) is 0 Å². The molecule has 1 aliphatic heterocycles. The number of β-amino-alcohol motifs (C(OH)–C–C–N with tert-alkyl or cyclic N) is 1. The topological polar surface area (TPSA) is 141 Å². The van der Waals surface area contributed by atoms with Gasteiger partial charge in [-0.15, -0.1) is 11.3 Å². The van der Waals surface area contributed by atoms with Crippen LogP contribution in [0.25, 0.3) is 10.4 Å². The molecule has 1 aromatic heterocycles. The van der Waals surface area contributed by atoms with Gasteiger partial charge in [0.2, 0.25) is 11.8 Å². The van der Waals surface area contributed by atoms with Gasteiger partial charge in [-0.2, -0.15) is 0 Å². The fraction of sp³-hybridized carbons (Fsp3) is 0.657. The van der Waals surface area contributed by atoms with Gasteiger partial charge >= 0.3 is 0 Å². The molecule has 260 valence electrons. The highest BCUT2D eigenvalue weighted by Gasteiger charge is 2.53. The number of benzene rings is 1. The van der Waals surface area contributed by atoms with Crippen molar-refractivity contribution < 1.29 is 33.7 Å². The highest BCUT2D eigenvalue weighted by atomic mass is 32.1. The number of thiazole rings is 1. The van der Waals surface area contributed by atoms with E-state index in [1.807, 2.05) is 25.1 Å². The second-order valence-corrected chi connectivity index (χ2v) is 14.8. The Labute approximate surface area is 281 Å². The maximum absolute atomic E-state index is 14.5. The summed E-state index contributed by atoms with van der Waals surface area (Å²) in [5, 5.41) is 25.0. The van der Waals surface area contributed by atoms with E-state index in [1.54, 1.807) is 37.6 Å². The highest BCUT2D eigenvalue weighted by molar-refractivity contribution is 7.13. The molecule has 4 N–H and O–H groups in total. The van der Waals surface area contributed by atoms with Gasteiger partial charge in [-0.1, -0.05) is 65.0 Å². The lowest BCUT2D eigenvalue weighted by Gasteiger charge is -2.35. The predicted molar refractivity (Wildman–Crippen MR) is 180 cm³/mol. The summed E-state index contributed by atoms with van der Waals surface area (Å²) in [7, 11) is 0. The van der Waals surface area contributed by atoms with Crippen LogP contribution in [0.15, 0.2) is 23.7 Å². The number of hydrogen-bond acceptors (Lipinski definition) is 8. The van der Waals surface area contributed by atoms with Gasteiger partial charge in [0.05, 0.1) is 28.8 Å². The third-order valence-electron chi connectivity index (χ3n) is 8.94. The molecule has 3 amide bonds. The second-order valence-electron chi connectivity index (χ2n) is 14.0. The van der Waals surface area contributed by atoms with Gasteiger partial charge in [0.25, 0.3) is 5.91 Å². The lowest BCUT2D eigenvalue weighted by atomic mass is 9.85. The zero-order valence-electron chi connectivity index (χ0n) is 28.1. The zero-order valence-corrected chi connectivity index (χ0v) is 29.0. The number of aryl methyl sites for hydroxylation is 1. The average Bonchev–Trinajstić information content (AvgIpc) is 3.44. The van der Waals surface area contributed by atoms with E-state index in [0.717, 1.165) is 66.6 Å². The molecule has 3 atom stereocenters. The number of aromatic nitrogens is 1. The molecule has 2 aromatic rings. The molecule has 1 saturated carbocycles. The standard InChI is InChI=1S/C35H51FN4O6S/c1-23-29(47-22-38-23)24-12-13-25(28(18-24)46-17-11-9-7-5-6-8-10-16-41)20-37-31(43)27-19-26(42)21-40(27)32(44)30(34(2,3)4)39-33(45)35(36)14-15-35/h12-13,18,22,26-27,30,41-42H,5-11,14-17,19-21H2,1-4H3,(H,37,43)(H,39,45)/t26-,27+,30?/m1/s1. The smallest absolute Gasteiger partial charge is 0.258 e. The first kappa shape index (κ1) is 36.7. The SMILES string of the molecule is Cc1ncsc1-c1ccc(CNC(=O)[C@@H]2C[C@@H](O)CN2C(=O)C(NC(=O)C2(F)CC2)C(C)(C)C)c(OCCCCCCCCCO)c1. The van der Waals surface area contributed by atoms with Crippen molar-refractivity contribution in [2.24, 2.45) is 5.41 Å². The van der Waals surface area contributed by atoms with E-state index in [2.05, 4.69) is 15.6 Å². The van der Waals surface area contributed by atoms with Gasteiger partial charge in [0.15, 0.2) is 5.67 Å². The lowest BCUT2D eigenvalue weighted by molar-refractivity contribution is -0.145. The molecule has 12 heteroatoms. The number of rotatable bonds is 17. The number of carbonyl (C=O) groups is 3. The summed E-state index contributed by atoms with van der Waals surface area (Å²) in [5.41, 5.74) is 1.79. The van der Waals surface area contributed by atoms with E-state index in [0.29, 0.717) is 12.4 Å². The van der Waals surface area contributed by atoms with E-state index in [-0.39, 0.29) is 39.0 Å². The maximum atomic E-state index is 14.5. The van der Waals surface area contributed by atoms with E-state index >= 15 is 0 Å². The minimum atomic E-state index is -1.94. The van der Waals surface area contributed by atoms with Gasteiger partial charge in [0.1, 0.15) is 17.8 Å². The fourth-order valence-corrected chi connectivity index (χ4v) is 6.66. The number of ether oxygens (including phenoxy) is 1. The average molecular weight is 675 g/mol. The molecule has 1 aromatic carbocycles. The zero-order chi connectivity index (χ0) is 34.2. The van der Waals surface area contributed by atoms with Crippen LogP contribution in [0.4, 0.5) is 4.39 Å². The Morgan fingerprint density at radius 3 is 2.43 bits per heavy atom. The van der Waals surface area contributed by atoms with E-state index < -0.39 is 47.0 Å². The van der Waals surface area contributed by atoms with Crippen LogP contribution in [0, 0.1) is 12.3 Å². The maximum Gasteiger partial charge on any atom is 0.258 e. The van der Waals surface area contributed by atoms with E-state index in [9.17, 15) is 23.9 Å². The summed E-state index contributed by atoms with van der Waals surface area (Å²) in [6.07, 6.45) is 6.58. The summed E-state index contributed by atoms with van der Waals surface area (Å²) in [6, 6.07) is 3.87. The number of carbonyl (C=O) groups excluding carboxylic acids is 3. The van der Waals surface area contributed by atoms with Crippen LogP contribution < -0.4 is 15.4 Å². The number of nitrogens with one attached hydrogen (secondary N) is 2. The van der Waals surface area contributed by atoms with Crippen molar-refractivity contribution in [3.63, 3.8) is 0 Å². The number of amides is 3. The number of aliphatic hydroxyl groups excluding tert-OH is 2. The van der Waals surface area contributed by atoms with E-state index in [4.69, 9.17) is 9.84 Å². The molecular formula is C35H51FN4O6S. The normalized spacial score (nSPS) is 19.3. The quantitative estimate of drug-likeness (QED) is 0.176. The number of nitrogens with zero attached hydrogens (tertiary/aromatic N) is 2. The van der Waals surface area contributed by atoms with Crippen LogP contribution in [-0.2, 0) is 20.9 Å². The third kappa shape index (κ3) is 9.96. The summed E-state index contributed by atoms with van der Waals surface area (Å²) < 4.78 is 20.8. The number of hydrogen-bond donors (Lipinski definition) is 4. The molecule has 2 heterocycles.